The summed E-state index contributed by atoms with van der Waals surface area (Å²) >= 11 is 12.6. The molecule has 2 saturated heterocycles. The third-order valence-electron chi connectivity index (χ3n) is 8.27. The van der Waals surface area contributed by atoms with Gasteiger partial charge in [-0.05, 0) is 62.8 Å². The molecule has 3 aromatic rings. The number of benzene rings is 1. The summed E-state index contributed by atoms with van der Waals surface area (Å²) in [6.07, 6.45) is 1.25. The first kappa shape index (κ1) is 34.2. The van der Waals surface area contributed by atoms with Crippen molar-refractivity contribution in [2.75, 3.05) is 24.5 Å². The van der Waals surface area contributed by atoms with Crippen LogP contribution in [0.15, 0.2) is 24.4 Å². The van der Waals surface area contributed by atoms with E-state index in [1.54, 1.807) is 23.0 Å². The van der Waals surface area contributed by atoms with E-state index in [0.717, 1.165) is 50.3 Å². The molecule has 16 heteroatoms. The summed E-state index contributed by atoms with van der Waals surface area (Å²) in [7, 11) is 0. The van der Waals surface area contributed by atoms with Crippen LogP contribution in [0.2, 0.25) is 10.0 Å². The van der Waals surface area contributed by atoms with Gasteiger partial charge in [0.25, 0.3) is 0 Å². The average Bonchev–Trinajstić information content (AvgIpc) is 3.59. The lowest BCUT2D eigenvalue weighted by Gasteiger charge is -2.43. The molecule has 4 heterocycles. The van der Waals surface area contributed by atoms with Gasteiger partial charge in [0.2, 0.25) is 5.91 Å². The molecule has 0 radical (unpaired) electrons. The Morgan fingerprint density at radius 1 is 1.24 bits per heavy atom. The Kier molecular flexibility index (Phi) is 10.8. The lowest BCUT2D eigenvalue weighted by Crippen LogP contribution is -2.52. The molecule has 1 aromatic carbocycles. The van der Waals surface area contributed by atoms with E-state index in [9.17, 15) is 23.2 Å². The summed E-state index contributed by atoms with van der Waals surface area (Å²) in [6, 6.07) is 8.13. The zero-order chi connectivity index (χ0) is 33.1. The molecular weight excluding hydrogens is 636 g/mol. The standard InChI is InChI=1S/C27H32Cl2N8O.C2HF3O2/c1-16-15-35(11-9-23(16)36-10-3-4-19(36)6-8-24(31)38)25-14-32-26-22(13-30)34-37(27(26)33-25)17(2)20-7-5-18(28)12-21(20)29;3-2(4,5)1(6)7/h5,7,12,14,16-17,19,23H,3-4,6,8-11,15H2,1-2H3,(H2,31,38);(H,6,7)/t16-,17-,19+,23+;/m1./s1. The van der Waals surface area contributed by atoms with Gasteiger partial charge in [0, 0.05) is 41.6 Å². The van der Waals surface area contributed by atoms with E-state index >= 15 is 0 Å². The van der Waals surface area contributed by atoms with Gasteiger partial charge in [-0.25, -0.2) is 19.4 Å². The molecule has 242 valence electrons. The molecule has 0 saturated carbocycles. The van der Waals surface area contributed by atoms with E-state index in [2.05, 4.69) is 32.9 Å². The summed E-state index contributed by atoms with van der Waals surface area (Å²) in [5.74, 6) is -1.79. The molecule has 4 atom stereocenters. The summed E-state index contributed by atoms with van der Waals surface area (Å²) < 4.78 is 33.5. The van der Waals surface area contributed by atoms with Crippen LogP contribution in [-0.4, -0.2) is 79.5 Å². The molecule has 0 unspecified atom stereocenters. The number of nitrogens with zero attached hydrogens (tertiary/aromatic N) is 7. The number of halogens is 5. The minimum absolute atomic E-state index is 0.222. The van der Waals surface area contributed by atoms with E-state index < -0.39 is 12.1 Å². The highest BCUT2D eigenvalue weighted by Gasteiger charge is 2.38. The number of hydrogen-bond donors (Lipinski definition) is 2. The van der Waals surface area contributed by atoms with Gasteiger partial charge >= 0.3 is 12.1 Å². The van der Waals surface area contributed by atoms with Gasteiger partial charge in [0.1, 0.15) is 17.4 Å². The normalized spacial score (nSPS) is 21.2. The smallest absolute Gasteiger partial charge is 0.475 e. The second-order valence-electron chi connectivity index (χ2n) is 11.3. The Balaban J connectivity index is 0.000000591. The van der Waals surface area contributed by atoms with Crippen molar-refractivity contribution >= 4 is 52.1 Å². The van der Waals surface area contributed by atoms with E-state index in [1.165, 1.54) is 6.42 Å². The van der Waals surface area contributed by atoms with Crippen LogP contribution in [0.25, 0.3) is 11.2 Å². The number of likely N-dealkylation sites (tertiary alicyclic amines) is 1. The maximum absolute atomic E-state index is 11.3. The number of carbonyl (C=O) groups excluding carboxylic acids is 1. The molecular formula is C29H33Cl2F3N8O3. The molecule has 2 aliphatic rings. The fraction of sp³-hybridized carbons (Fsp3) is 0.517. The van der Waals surface area contributed by atoms with Gasteiger partial charge in [0.05, 0.1) is 12.2 Å². The number of carboxylic acid groups (broad SMARTS) is 1. The Bertz CT molecular complexity index is 1600. The molecule has 0 spiro atoms. The second-order valence-corrected chi connectivity index (χ2v) is 12.1. The molecule has 11 nitrogen and oxygen atoms in total. The van der Waals surface area contributed by atoms with Crippen molar-refractivity contribution in [3.8, 4) is 6.07 Å². The number of alkyl halides is 3. The molecule has 5 rings (SSSR count). The van der Waals surface area contributed by atoms with E-state index in [0.29, 0.717) is 45.6 Å². The van der Waals surface area contributed by atoms with Crippen molar-refractivity contribution < 1.29 is 27.9 Å². The van der Waals surface area contributed by atoms with Crippen LogP contribution >= 0.6 is 23.2 Å². The number of rotatable bonds is 7. The molecule has 1 amide bonds. The van der Waals surface area contributed by atoms with E-state index in [4.69, 9.17) is 43.8 Å². The zero-order valence-corrected chi connectivity index (χ0v) is 26.1. The monoisotopic (exact) mass is 668 g/mol. The molecule has 45 heavy (non-hydrogen) atoms. The van der Waals surface area contributed by atoms with Crippen LogP contribution in [0.4, 0.5) is 19.0 Å². The highest BCUT2D eigenvalue weighted by atomic mass is 35.5. The number of hydrogen-bond acceptors (Lipinski definition) is 8. The minimum atomic E-state index is -5.08. The SMILES string of the molecule is C[C@@H]1CN(c2cnc3c(C#N)nn([C@H](C)c4ccc(Cl)cc4Cl)c3n2)CC[C@@H]1N1CCC[C@H]1CCC(N)=O.O=C(O)C(F)(F)F. The Morgan fingerprint density at radius 2 is 1.96 bits per heavy atom. The fourth-order valence-corrected chi connectivity index (χ4v) is 6.68. The van der Waals surface area contributed by atoms with Crippen molar-refractivity contribution in [2.45, 2.75) is 70.3 Å². The molecule has 2 fully saturated rings. The van der Waals surface area contributed by atoms with E-state index in [-0.39, 0.29) is 17.6 Å². The van der Waals surface area contributed by atoms with Crippen LogP contribution in [0, 0.1) is 17.2 Å². The number of aromatic nitrogens is 4. The number of primary amides is 1. The number of anilines is 1. The van der Waals surface area contributed by atoms with Crippen LogP contribution in [0.3, 0.4) is 0 Å². The van der Waals surface area contributed by atoms with Gasteiger partial charge in [-0.2, -0.15) is 23.5 Å². The van der Waals surface area contributed by atoms with Gasteiger partial charge in [-0.15, -0.1) is 0 Å². The van der Waals surface area contributed by atoms with Crippen LogP contribution in [0.5, 0.6) is 0 Å². The van der Waals surface area contributed by atoms with Gasteiger partial charge in [-0.1, -0.05) is 36.2 Å². The molecule has 2 aliphatic heterocycles. The topological polar surface area (TPSA) is 154 Å². The lowest BCUT2D eigenvalue weighted by atomic mass is 9.91. The van der Waals surface area contributed by atoms with Crippen molar-refractivity contribution in [3.05, 3.63) is 45.7 Å². The number of carbonyl (C=O) groups is 2. The molecule has 0 aliphatic carbocycles. The molecule has 0 bridgehead atoms. The maximum atomic E-state index is 11.3. The summed E-state index contributed by atoms with van der Waals surface area (Å²) in [6.45, 7) is 7.03. The number of amides is 1. The van der Waals surface area contributed by atoms with Crippen molar-refractivity contribution in [1.29, 1.82) is 5.26 Å². The first-order chi connectivity index (χ1) is 21.2. The predicted octanol–water partition coefficient (Wildman–Crippen LogP) is 5.19. The number of nitriles is 1. The fourth-order valence-electron chi connectivity index (χ4n) is 6.12. The van der Waals surface area contributed by atoms with Gasteiger partial charge in [-0.3, -0.25) is 9.69 Å². The van der Waals surface area contributed by atoms with Gasteiger partial charge in [0.15, 0.2) is 11.3 Å². The molecule has 2 aromatic heterocycles. The Morgan fingerprint density at radius 3 is 2.56 bits per heavy atom. The summed E-state index contributed by atoms with van der Waals surface area (Å²) in [5, 5.41) is 22.4. The van der Waals surface area contributed by atoms with Crippen molar-refractivity contribution in [2.24, 2.45) is 11.7 Å². The number of carboxylic acids is 1. The van der Waals surface area contributed by atoms with Gasteiger partial charge < -0.3 is 15.7 Å². The van der Waals surface area contributed by atoms with Crippen LogP contribution < -0.4 is 10.6 Å². The first-order valence-electron chi connectivity index (χ1n) is 14.4. The van der Waals surface area contributed by atoms with Crippen LogP contribution in [-0.2, 0) is 9.59 Å². The molecule has 3 N–H and O–H groups in total. The maximum Gasteiger partial charge on any atom is 0.490 e. The third kappa shape index (κ3) is 7.95. The Labute approximate surface area is 267 Å². The number of nitrogens with two attached hydrogens (primary N) is 1. The minimum Gasteiger partial charge on any atom is -0.475 e. The Hall–Kier alpha value is -3.67. The number of fused-ring (bicyclic) bond motifs is 1. The third-order valence-corrected chi connectivity index (χ3v) is 8.84. The zero-order valence-electron chi connectivity index (χ0n) is 24.6. The van der Waals surface area contributed by atoms with Crippen molar-refractivity contribution in [1.82, 2.24) is 24.6 Å². The largest absolute Gasteiger partial charge is 0.490 e. The lowest BCUT2D eigenvalue weighted by molar-refractivity contribution is -0.192. The quantitative estimate of drug-likeness (QED) is 0.346. The van der Waals surface area contributed by atoms with Crippen LogP contribution in [0.1, 0.15) is 63.3 Å². The summed E-state index contributed by atoms with van der Waals surface area (Å²) in [5.41, 5.74) is 7.52. The predicted molar refractivity (Wildman–Crippen MR) is 162 cm³/mol. The van der Waals surface area contributed by atoms with Crippen molar-refractivity contribution in [3.63, 3.8) is 0 Å². The number of piperidine rings is 1. The number of aliphatic carboxylic acids is 1. The average molecular weight is 670 g/mol. The second kappa shape index (κ2) is 14.2. The first-order valence-corrected chi connectivity index (χ1v) is 15.2. The highest BCUT2D eigenvalue weighted by molar-refractivity contribution is 6.35. The highest BCUT2D eigenvalue weighted by Crippen LogP contribution is 2.34. The summed E-state index contributed by atoms with van der Waals surface area (Å²) in [4.78, 5) is 34.7. The van der Waals surface area contributed by atoms with E-state index in [1.807, 2.05) is 13.0 Å².